The van der Waals surface area contributed by atoms with E-state index in [-0.39, 0.29) is 63.4 Å². The van der Waals surface area contributed by atoms with Crippen LogP contribution in [0.2, 0.25) is 0 Å². The van der Waals surface area contributed by atoms with Gasteiger partial charge in [-0.15, -0.1) is 12.1 Å². The number of rotatable bonds is 2. The van der Waals surface area contributed by atoms with Crippen molar-refractivity contribution in [1.29, 1.82) is 0 Å². The molecule has 2 aliphatic carbocycles. The summed E-state index contributed by atoms with van der Waals surface area (Å²) >= 11 is 0. The molecule has 5 heteroatoms. The fourth-order valence-electron chi connectivity index (χ4n) is 2.40. The van der Waals surface area contributed by atoms with Gasteiger partial charge in [0.05, 0.1) is 0 Å². The van der Waals surface area contributed by atoms with Crippen LogP contribution in [0.1, 0.15) is 51.4 Å². The summed E-state index contributed by atoms with van der Waals surface area (Å²) in [5.41, 5.74) is 0. The number of hydrogen-bond donors (Lipinski definition) is 0. The summed E-state index contributed by atoms with van der Waals surface area (Å²) in [6, 6.07) is 1.52. The zero-order chi connectivity index (χ0) is 7.52. The van der Waals surface area contributed by atoms with Crippen molar-refractivity contribution in [2.45, 2.75) is 63.5 Å². The number of nitrogens with zero attached hydrogens (tertiary/aromatic N) is 1. The maximum absolute atomic E-state index is 4.88. The molecule has 0 aromatic heterocycles. The maximum atomic E-state index is 4.88. The van der Waals surface area contributed by atoms with Crippen LogP contribution in [0.25, 0.3) is 5.32 Å². The van der Waals surface area contributed by atoms with Gasteiger partial charge < -0.3 is 42.5 Å². The van der Waals surface area contributed by atoms with E-state index >= 15 is 0 Å². The van der Waals surface area contributed by atoms with Gasteiger partial charge in [0.2, 0.25) is 0 Å². The van der Waals surface area contributed by atoms with E-state index in [9.17, 15) is 0 Å². The molecular formula is C10H18Cl3NZr. The molecule has 1 nitrogen and oxygen atoms in total. The summed E-state index contributed by atoms with van der Waals surface area (Å²) in [4.78, 5) is 0. The molecule has 0 aromatic rings. The molecule has 0 bridgehead atoms. The van der Waals surface area contributed by atoms with E-state index in [1.165, 1.54) is 51.4 Å². The Hall–Kier alpha value is 1.71. The maximum Gasteiger partial charge on any atom is 4.00 e. The van der Waals surface area contributed by atoms with Gasteiger partial charge in [0, 0.05) is 0 Å². The van der Waals surface area contributed by atoms with Gasteiger partial charge in [-0.1, -0.05) is 51.4 Å². The Morgan fingerprint density at radius 3 is 1.13 bits per heavy atom. The van der Waals surface area contributed by atoms with Crippen molar-refractivity contribution >= 4 is 0 Å². The van der Waals surface area contributed by atoms with Crippen LogP contribution in [0, 0.1) is 0 Å². The molecule has 0 atom stereocenters. The van der Waals surface area contributed by atoms with E-state index in [0.29, 0.717) is 0 Å². The van der Waals surface area contributed by atoms with Crippen LogP contribution in [0.3, 0.4) is 0 Å². The second-order valence-electron chi connectivity index (χ2n) is 4.03. The molecule has 0 saturated heterocycles. The van der Waals surface area contributed by atoms with Crippen LogP contribution < -0.4 is 37.2 Å². The summed E-state index contributed by atoms with van der Waals surface area (Å²) in [6.45, 7) is 0. The van der Waals surface area contributed by atoms with Crippen molar-refractivity contribution in [2.24, 2.45) is 0 Å². The molecule has 0 amide bonds. The average Bonchev–Trinajstić information content (AvgIpc) is 2.60. The Kier molecular flexibility index (Phi) is 17.8. The molecule has 0 spiro atoms. The fourth-order valence-corrected chi connectivity index (χ4v) is 2.40. The Morgan fingerprint density at radius 1 is 0.600 bits per heavy atom. The van der Waals surface area contributed by atoms with Crippen molar-refractivity contribution in [1.82, 2.24) is 0 Å². The van der Waals surface area contributed by atoms with Gasteiger partial charge in [0.1, 0.15) is 0 Å². The van der Waals surface area contributed by atoms with Gasteiger partial charge in [-0.05, 0) is 0 Å². The summed E-state index contributed by atoms with van der Waals surface area (Å²) in [5.74, 6) is 0. The van der Waals surface area contributed by atoms with E-state index in [2.05, 4.69) is 0 Å². The van der Waals surface area contributed by atoms with E-state index < -0.39 is 0 Å². The van der Waals surface area contributed by atoms with Crippen molar-refractivity contribution in [3.05, 3.63) is 5.32 Å². The van der Waals surface area contributed by atoms with E-state index in [4.69, 9.17) is 5.32 Å². The normalized spacial score (nSPS) is 20.8. The SMILES string of the molecule is C1CCC([N-]C2CCCC2)C1.[Cl-].[Cl-].[Cl-].[Zr+4]. The van der Waals surface area contributed by atoms with Gasteiger partial charge in [0.25, 0.3) is 0 Å². The molecule has 88 valence electrons. The zero-order valence-corrected chi connectivity index (χ0v) is 13.6. The minimum Gasteiger partial charge on any atom is -1.00 e. The summed E-state index contributed by atoms with van der Waals surface area (Å²) in [7, 11) is 0. The molecule has 0 aliphatic heterocycles. The second kappa shape index (κ2) is 12.2. The predicted molar refractivity (Wildman–Crippen MR) is 47.9 cm³/mol. The molecule has 0 unspecified atom stereocenters. The molecule has 2 fully saturated rings. The molecule has 0 aromatic carbocycles. The van der Waals surface area contributed by atoms with Crippen LogP contribution >= 0.6 is 0 Å². The first-order chi connectivity index (χ1) is 5.45. The van der Waals surface area contributed by atoms with Crippen molar-refractivity contribution < 1.29 is 63.4 Å². The molecule has 2 rings (SSSR count). The van der Waals surface area contributed by atoms with Crippen molar-refractivity contribution in [2.75, 3.05) is 0 Å². The van der Waals surface area contributed by atoms with Gasteiger partial charge in [-0.3, -0.25) is 0 Å². The Balaban J connectivity index is -0.000000360. The molecule has 0 N–H and O–H groups in total. The third kappa shape index (κ3) is 7.60. The number of hydrogen-bond acceptors (Lipinski definition) is 0. The van der Waals surface area contributed by atoms with Crippen LogP contribution in [0.5, 0.6) is 0 Å². The first-order valence-corrected chi connectivity index (χ1v) is 5.15. The van der Waals surface area contributed by atoms with Crippen molar-refractivity contribution in [3.8, 4) is 0 Å². The Bertz CT molecular complexity index is 112. The molecule has 0 heterocycles. The fraction of sp³-hybridized carbons (Fsp3) is 1.00. The first kappa shape index (κ1) is 21.9. The van der Waals surface area contributed by atoms with Crippen molar-refractivity contribution in [3.63, 3.8) is 0 Å². The average molecular weight is 350 g/mol. The summed E-state index contributed by atoms with van der Waals surface area (Å²) < 4.78 is 0. The third-order valence-electron chi connectivity index (χ3n) is 3.07. The molecule has 15 heavy (non-hydrogen) atoms. The summed E-state index contributed by atoms with van der Waals surface area (Å²) in [5, 5.41) is 4.88. The van der Waals surface area contributed by atoms with E-state index in [1.807, 2.05) is 0 Å². The minimum absolute atomic E-state index is 0. The summed E-state index contributed by atoms with van der Waals surface area (Å²) in [6.07, 6.45) is 11.3. The molecule has 0 radical (unpaired) electrons. The van der Waals surface area contributed by atoms with Crippen LogP contribution in [-0.2, 0) is 26.2 Å². The third-order valence-corrected chi connectivity index (χ3v) is 3.07. The molecule has 2 saturated carbocycles. The minimum atomic E-state index is 0. The van der Waals surface area contributed by atoms with Gasteiger partial charge in [-0.2, -0.15) is 0 Å². The van der Waals surface area contributed by atoms with Gasteiger partial charge in [-0.25, -0.2) is 0 Å². The van der Waals surface area contributed by atoms with E-state index in [0.717, 1.165) is 12.1 Å². The number of halogens is 3. The largest absolute Gasteiger partial charge is 4.00 e. The van der Waals surface area contributed by atoms with Gasteiger partial charge in [0.15, 0.2) is 0 Å². The Labute approximate surface area is 131 Å². The second-order valence-corrected chi connectivity index (χ2v) is 4.03. The Morgan fingerprint density at radius 2 is 0.867 bits per heavy atom. The van der Waals surface area contributed by atoms with Crippen LogP contribution in [0.15, 0.2) is 0 Å². The zero-order valence-electron chi connectivity index (χ0n) is 8.89. The smallest absolute Gasteiger partial charge is 1.00 e. The van der Waals surface area contributed by atoms with E-state index in [1.54, 1.807) is 0 Å². The topological polar surface area (TPSA) is 14.1 Å². The molecule has 2 aliphatic rings. The monoisotopic (exact) mass is 347 g/mol. The van der Waals surface area contributed by atoms with Gasteiger partial charge >= 0.3 is 26.2 Å². The predicted octanol–water partition coefficient (Wildman–Crippen LogP) is -5.75. The van der Waals surface area contributed by atoms with Crippen LogP contribution in [-0.4, -0.2) is 12.1 Å². The quantitative estimate of drug-likeness (QED) is 0.472. The first-order valence-electron chi connectivity index (χ1n) is 5.15. The standard InChI is InChI=1S/C10H18N.3ClH.Zr/c1-2-6-9(5-1)11-10-7-3-4-8-10;;;;/h9-10H,1-8H2;3*1H;/q-1;;;;+4/p-3. The molecular weight excluding hydrogens is 332 g/mol. The van der Waals surface area contributed by atoms with Crippen LogP contribution in [0.4, 0.5) is 0 Å².